The lowest BCUT2D eigenvalue weighted by atomic mass is 10.2. The van der Waals surface area contributed by atoms with Gasteiger partial charge in [-0.15, -0.1) is 12.4 Å². The van der Waals surface area contributed by atoms with Gasteiger partial charge in [0, 0.05) is 45.3 Å². The van der Waals surface area contributed by atoms with E-state index in [0.29, 0.717) is 19.1 Å². The standard InChI is InChI=1S/C13H18N4O4.ClH/c18-13(11-1-2-12(21-11)17(19)20)16-6-3-10(9-16)15-7-4-14-5-8-15;/h1-2,10,14H,3-9H2;1H. The molecule has 2 aliphatic heterocycles. The van der Waals surface area contributed by atoms with Crippen molar-refractivity contribution in [1.82, 2.24) is 15.1 Å². The fourth-order valence-electron chi connectivity index (χ4n) is 2.97. The van der Waals surface area contributed by atoms with Crippen LogP contribution in [0.2, 0.25) is 0 Å². The molecule has 2 saturated heterocycles. The molecule has 0 radical (unpaired) electrons. The highest BCUT2D eigenvalue weighted by Crippen LogP contribution is 2.21. The molecule has 0 aliphatic carbocycles. The summed E-state index contributed by atoms with van der Waals surface area (Å²) in [5.74, 6) is -0.611. The number of carbonyl (C=O) groups excluding carboxylic acids is 1. The molecule has 8 nitrogen and oxygen atoms in total. The number of likely N-dealkylation sites (tertiary alicyclic amines) is 1. The summed E-state index contributed by atoms with van der Waals surface area (Å²) >= 11 is 0. The first-order valence-corrected chi connectivity index (χ1v) is 7.13. The van der Waals surface area contributed by atoms with E-state index in [1.54, 1.807) is 4.90 Å². The number of hydrogen-bond acceptors (Lipinski definition) is 6. The number of nitrogens with one attached hydrogen (secondary N) is 1. The minimum Gasteiger partial charge on any atom is -0.395 e. The molecular weight excluding hydrogens is 312 g/mol. The van der Waals surface area contributed by atoms with E-state index in [1.807, 2.05) is 0 Å². The number of halogens is 1. The molecule has 1 amide bonds. The molecule has 0 spiro atoms. The van der Waals surface area contributed by atoms with E-state index in [2.05, 4.69) is 10.2 Å². The second-order valence-corrected chi connectivity index (χ2v) is 5.37. The Kier molecular flexibility index (Phi) is 5.38. The summed E-state index contributed by atoms with van der Waals surface area (Å²) in [5, 5.41) is 13.9. The van der Waals surface area contributed by atoms with Crippen LogP contribution in [0.4, 0.5) is 5.88 Å². The monoisotopic (exact) mass is 330 g/mol. The van der Waals surface area contributed by atoms with Crippen molar-refractivity contribution in [2.24, 2.45) is 0 Å². The number of carbonyl (C=O) groups is 1. The number of nitrogens with zero attached hydrogens (tertiary/aromatic N) is 3. The molecule has 9 heteroatoms. The van der Waals surface area contributed by atoms with Crippen molar-refractivity contribution in [2.75, 3.05) is 39.3 Å². The highest BCUT2D eigenvalue weighted by molar-refractivity contribution is 5.92. The van der Waals surface area contributed by atoms with Gasteiger partial charge in [-0.1, -0.05) is 0 Å². The predicted molar refractivity (Wildman–Crippen MR) is 81.4 cm³/mol. The van der Waals surface area contributed by atoms with Crippen LogP contribution in [0, 0.1) is 10.1 Å². The normalized spacial score (nSPS) is 22.4. The molecule has 3 heterocycles. The van der Waals surface area contributed by atoms with Crippen molar-refractivity contribution < 1.29 is 14.1 Å². The molecular formula is C13H19ClN4O4. The third kappa shape index (κ3) is 3.40. The third-order valence-electron chi connectivity index (χ3n) is 4.10. The Balaban J connectivity index is 0.00000176. The average molecular weight is 331 g/mol. The van der Waals surface area contributed by atoms with Gasteiger partial charge < -0.3 is 14.6 Å². The maximum atomic E-state index is 12.3. The number of furan rings is 1. The fourth-order valence-corrected chi connectivity index (χ4v) is 2.97. The number of nitro groups is 1. The van der Waals surface area contributed by atoms with E-state index in [0.717, 1.165) is 32.6 Å². The predicted octanol–water partition coefficient (Wildman–Crippen LogP) is 0.729. The Morgan fingerprint density at radius 2 is 2.05 bits per heavy atom. The fraction of sp³-hybridized carbons (Fsp3) is 0.615. The minimum atomic E-state index is -0.635. The number of rotatable bonds is 3. The molecule has 22 heavy (non-hydrogen) atoms. The quantitative estimate of drug-likeness (QED) is 0.649. The van der Waals surface area contributed by atoms with Crippen molar-refractivity contribution in [3.63, 3.8) is 0 Å². The number of amides is 1. The van der Waals surface area contributed by atoms with Crippen molar-refractivity contribution in [1.29, 1.82) is 0 Å². The maximum absolute atomic E-state index is 12.3. The highest BCUT2D eigenvalue weighted by Gasteiger charge is 2.32. The zero-order valence-electron chi connectivity index (χ0n) is 12.1. The zero-order valence-corrected chi connectivity index (χ0v) is 12.9. The van der Waals surface area contributed by atoms with Gasteiger partial charge in [-0.25, -0.2) is 0 Å². The molecule has 0 bridgehead atoms. The van der Waals surface area contributed by atoms with E-state index >= 15 is 0 Å². The Hall–Kier alpha value is -1.64. The van der Waals surface area contributed by atoms with Gasteiger partial charge in [-0.2, -0.15) is 0 Å². The van der Waals surface area contributed by atoms with Gasteiger partial charge in [-0.05, 0) is 12.5 Å². The van der Waals surface area contributed by atoms with Crippen LogP contribution in [0.1, 0.15) is 17.0 Å². The molecule has 3 rings (SSSR count). The first-order chi connectivity index (χ1) is 10.1. The molecule has 2 fully saturated rings. The molecule has 1 aromatic heterocycles. The summed E-state index contributed by atoms with van der Waals surface area (Å²) in [7, 11) is 0. The van der Waals surface area contributed by atoms with Gasteiger partial charge in [0.2, 0.25) is 0 Å². The van der Waals surface area contributed by atoms with E-state index < -0.39 is 10.8 Å². The van der Waals surface area contributed by atoms with Crippen molar-refractivity contribution in [2.45, 2.75) is 12.5 Å². The summed E-state index contributed by atoms with van der Waals surface area (Å²) in [6.07, 6.45) is 0.939. The van der Waals surface area contributed by atoms with Crippen LogP contribution in [0.3, 0.4) is 0 Å². The van der Waals surface area contributed by atoms with Crippen LogP contribution in [-0.2, 0) is 0 Å². The van der Waals surface area contributed by atoms with Crippen LogP contribution < -0.4 is 5.32 Å². The minimum absolute atomic E-state index is 0. The van der Waals surface area contributed by atoms with Crippen molar-refractivity contribution >= 4 is 24.2 Å². The second-order valence-electron chi connectivity index (χ2n) is 5.37. The van der Waals surface area contributed by atoms with Crippen LogP contribution in [0.25, 0.3) is 0 Å². The first kappa shape index (κ1) is 16.7. The van der Waals surface area contributed by atoms with Gasteiger partial charge in [0.25, 0.3) is 5.91 Å². The van der Waals surface area contributed by atoms with Crippen molar-refractivity contribution in [3.8, 4) is 0 Å². The summed E-state index contributed by atoms with van der Waals surface area (Å²) in [4.78, 5) is 26.4. The van der Waals surface area contributed by atoms with Gasteiger partial charge in [0.05, 0.1) is 6.07 Å². The average Bonchev–Trinajstić information content (AvgIpc) is 3.17. The Morgan fingerprint density at radius 3 is 2.68 bits per heavy atom. The Labute approximate surface area is 134 Å². The summed E-state index contributed by atoms with van der Waals surface area (Å²) in [6.45, 7) is 5.29. The smallest absolute Gasteiger partial charge is 0.395 e. The summed E-state index contributed by atoms with van der Waals surface area (Å²) in [5.41, 5.74) is 0. The third-order valence-corrected chi connectivity index (χ3v) is 4.10. The highest BCUT2D eigenvalue weighted by atomic mass is 35.5. The molecule has 0 saturated carbocycles. The Bertz CT molecular complexity index is 544. The van der Waals surface area contributed by atoms with Gasteiger partial charge in [0.1, 0.15) is 4.92 Å². The van der Waals surface area contributed by atoms with Crippen LogP contribution in [0.15, 0.2) is 16.5 Å². The molecule has 2 aliphatic rings. The number of piperazine rings is 1. The topological polar surface area (TPSA) is 91.9 Å². The molecule has 1 N–H and O–H groups in total. The van der Waals surface area contributed by atoms with Crippen molar-refractivity contribution in [3.05, 3.63) is 28.0 Å². The molecule has 1 aromatic rings. The van der Waals surface area contributed by atoms with Crippen LogP contribution in [0.5, 0.6) is 0 Å². The lowest BCUT2D eigenvalue weighted by Gasteiger charge is -2.32. The van der Waals surface area contributed by atoms with E-state index in [4.69, 9.17) is 4.42 Å². The summed E-state index contributed by atoms with van der Waals surface area (Å²) < 4.78 is 4.99. The maximum Gasteiger partial charge on any atom is 0.433 e. The van der Waals surface area contributed by atoms with Crippen LogP contribution >= 0.6 is 12.4 Å². The zero-order chi connectivity index (χ0) is 14.8. The lowest BCUT2D eigenvalue weighted by Crippen LogP contribution is -2.49. The molecule has 1 unspecified atom stereocenters. The van der Waals surface area contributed by atoms with E-state index in [9.17, 15) is 14.9 Å². The number of hydrogen-bond donors (Lipinski definition) is 1. The molecule has 1 atom stereocenters. The van der Waals surface area contributed by atoms with Crippen LogP contribution in [-0.4, -0.2) is 65.9 Å². The van der Waals surface area contributed by atoms with E-state index in [-0.39, 0.29) is 24.1 Å². The first-order valence-electron chi connectivity index (χ1n) is 7.13. The largest absolute Gasteiger partial charge is 0.433 e. The van der Waals surface area contributed by atoms with Gasteiger partial charge >= 0.3 is 5.88 Å². The SMILES string of the molecule is Cl.O=C(c1ccc([N+](=O)[O-])o1)N1CCC(N2CCNCC2)C1. The van der Waals surface area contributed by atoms with E-state index in [1.165, 1.54) is 12.1 Å². The summed E-state index contributed by atoms with van der Waals surface area (Å²) in [6, 6.07) is 2.97. The molecule has 122 valence electrons. The van der Waals surface area contributed by atoms with Gasteiger partial charge in [0.15, 0.2) is 5.76 Å². The molecule has 0 aromatic carbocycles. The van der Waals surface area contributed by atoms with Gasteiger partial charge in [-0.3, -0.25) is 19.8 Å². The Morgan fingerprint density at radius 1 is 1.32 bits per heavy atom. The second kappa shape index (κ2) is 7.08. The lowest BCUT2D eigenvalue weighted by molar-refractivity contribution is -0.402.